The van der Waals surface area contributed by atoms with Crippen molar-refractivity contribution in [3.8, 4) is 0 Å². The molecule has 0 saturated carbocycles. The van der Waals surface area contributed by atoms with Gasteiger partial charge in [-0.15, -0.1) is 0 Å². The van der Waals surface area contributed by atoms with Gasteiger partial charge in [0.05, 0.1) is 0 Å². The highest BCUT2D eigenvalue weighted by atomic mass is 14.9. The summed E-state index contributed by atoms with van der Waals surface area (Å²) in [5.74, 6) is 0.806. The summed E-state index contributed by atoms with van der Waals surface area (Å²) >= 11 is 0. The molecule has 1 rings (SSSR count). The van der Waals surface area contributed by atoms with Crippen molar-refractivity contribution in [1.29, 1.82) is 0 Å². The first-order chi connectivity index (χ1) is 7.99. The molecule has 17 heavy (non-hydrogen) atoms. The Kier molecular flexibility index (Phi) is 5.70. The van der Waals surface area contributed by atoms with Crippen molar-refractivity contribution in [2.24, 2.45) is 5.92 Å². The van der Waals surface area contributed by atoms with Gasteiger partial charge in [-0.25, -0.2) is 0 Å². The Labute approximate surface area is 107 Å². The summed E-state index contributed by atoms with van der Waals surface area (Å²) in [6.07, 6.45) is 2.57. The number of hydrogen-bond acceptors (Lipinski definition) is 1. The molecular weight excluding hydrogens is 206 g/mol. The summed E-state index contributed by atoms with van der Waals surface area (Å²) < 4.78 is 0. The number of hydrogen-bond donors (Lipinski definition) is 1. The van der Waals surface area contributed by atoms with Gasteiger partial charge < -0.3 is 5.32 Å². The Morgan fingerprint density at radius 1 is 1.06 bits per heavy atom. The highest BCUT2D eigenvalue weighted by molar-refractivity contribution is 5.30. The lowest BCUT2D eigenvalue weighted by Crippen LogP contribution is -2.26. The van der Waals surface area contributed by atoms with Gasteiger partial charge in [0.1, 0.15) is 0 Å². The van der Waals surface area contributed by atoms with Crippen molar-refractivity contribution >= 4 is 0 Å². The van der Waals surface area contributed by atoms with E-state index < -0.39 is 0 Å². The summed E-state index contributed by atoms with van der Waals surface area (Å²) in [5, 5.41) is 3.61. The van der Waals surface area contributed by atoms with Crippen LogP contribution in [0.1, 0.15) is 50.3 Å². The topological polar surface area (TPSA) is 12.0 Å². The van der Waals surface area contributed by atoms with Gasteiger partial charge in [0.15, 0.2) is 0 Å². The Balaban J connectivity index is 2.39. The van der Waals surface area contributed by atoms with E-state index in [0.29, 0.717) is 6.04 Å². The minimum atomic E-state index is 0.609. The van der Waals surface area contributed by atoms with Crippen LogP contribution in [-0.2, 0) is 6.54 Å². The van der Waals surface area contributed by atoms with Gasteiger partial charge in [-0.3, -0.25) is 0 Å². The molecule has 0 spiro atoms. The van der Waals surface area contributed by atoms with Gasteiger partial charge in [0, 0.05) is 12.6 Å². The molecule has 1 aromatic rings. The predicted molar refractivity (Wildman–Crippen MR) is 76.3 cm³/mol. The van der Waals surface area contributed by atoms with E-state index >= 15 is 0 Å². The van der Waals surface area contributed by atoms with Crippen LogP contribution in [0.25, 0.3) is 0 Å². The normalized spacial score (nSPS) is 13.1. The van der Waals surface area contributed by atoms with Gasteiger partial charge in [-0.1, -0.05) is 37.6 Å². The van der Waals surface area contributed by atoms with Crippen LogP contribution in [0.5, 0.6) is 0 Å². The maximum absolute atomic E-state index is 3.61. The second kappa shape index (κ2) is 6.80. The molecule has 1 N–H and O–H groups in total. The van der Waals surface area contributed by atoms with Crippen LogP contribution in [0.2, 0.25) is 0 Å². The van der Waals surface area contributed by atoms with E-state index in [1.807, 2.05) is 0 Å². The van der Waals surface area contributed by atoms with E-state index in [1.165, 1.54) is 29.5 Å². The largest absolute Gasteiger partial charge is 0.310 e. The van der Waals surface area contributed by atoms with Crippen LogP contribution < -0.4 is 5.32 Å². The lowest BCUT2D eigenvalue weighted by Gasteiger charge is -2.16. The van der Waals surface area contributed by atoms with Gasteiger partial charge in [-0.2, -0.15) is 0 Å². The van der Waals surface area contributed by atoms with Gasteiger partial charge >= 0.3 is 0 Å². The monoisotopic (exact) mass is 233 g/mol. The summed E-state index contributed by atoms with van der Waals surface area (Å²) in [6, 6.07) is 7.31. The molecule has 0 bridgehead atoms. The Morgan fingerprint density at radius 2 is 1.76 bits per heavy atom. The first-order valence-electron chi connectivity index (χ1n) is 6.78. The average molecular weight is 233 g/mol. The van der Waals surface area contributed by atoms with Gasteiger partial charge in [0.25, 0.3) is 0 Å². The summed E-state index contributed by atoms with van der Waals surface area (Å²) in [7, 11) is 0. The third kappa shape index (κ3) is 5.36. The molecule has 0 aliphatic heterocycles. The molecule has 0 amide bonds. The zero-order valence-corrected chi connectivity index (χ0v) is 12.0. The second-order valence-electron chi connectivity index (χ2n) is 5.68. The van der Waals surface area contributed by atoms with E-state index in [9.17, 15) is 0 Å². The lowest BCUT2D eigenvalue weighted by molar-refractivity contribution is 0.450. The molecule has 0 aliphatic rings. The van der Waals surface area contributed by atoms with Gasteiger partial charge in [-0.05, 0) is 50.7 Å². The molecular formula is C16H27N. The smallest absolute Gasteiger partial charge is 0.0210 e. The fraction of sp³-hybridized carbons (Fsp3) is 0.625. The van der Waals surface area contributed by atoms with E-state index in [2.05, 4.69) is 58.1 Å². The van der Waals surface area contributed by atoms with Crippen LogP contribution in [0.3, 0.4) is 0 Å². The molecule has 0 aromatic heterocycles. The molecule has 1 unspecified atom stereocenters. The zero-order valence-electron chi connectivity index (χ0n) is 12.0. The molecule has 1 atom stereocenters. The summed E-state index contributed by atoms with van der Waals surface area (Å²) in [6.45, 7) is 12.2. The first kappa shape index (κ1) is 14.2. The predicted octanol–water partition coefficient (Wildman–Crippen LogP) is 4.22. The second-order valence-corrected chi connectivity index (χ2v) is 5.68. The van der Waals surface area contributed by atoms with E-state index in [0.717, 1.165) is 12.5 Å². The quantitative estimate of drug-likeness (QED) is 0.776. The van der Waals surface area contributed by atoms with Crippen molar-refractivity contribution < 1.29 is 0 Å². The SMILES string of the molecule is Cc1ccc(CNC(C)CCC(C)C)c(C)c1. The lowest BCUT2D eigenvalue weighted by atomic mass is 10.0. The summed E-state index contributed by atoms with van der Waals surface area (Å²) in [5.41, 5.74) is 4.17. The van der Waals surface area contributed by atoms with Crippen LogP contribution >= 0.6 is 0 Å². The number of benzene rings is 1. The van der Waals surface area contributed by atoms with Crippen molar-refractivity contribution in [3.63, 3.8) is 0 Å². The fourth-order valence-corrected chi connectivity index (χ4v) is 2.01. The maximum Gasteiger partial charge on any atom is 0.0210 e. The molecule has 1 nitrogen and oxygen atoms in total. The molecule has 1 heteroatoms. The number of rotatable bonds is 6. The molecule has 0 heterocycles. The molecule has 0 aliphatic carbocycles. The third-order valence-corrected chi connectivity index (χ3v) is 3.32. The molecule has 0 saturated heterocycles. The van der Waals surface area contributed by atoms with Crippen molar-refractivity contribution in [2.45, 2.75) is 60.0 Å². The Bertz CT molecular complexity index is 341. The van der Waals surface area contributed by atoms with Crippen LogP contribution in [-0.4, -0.2) is 6.04 Å². The van der Waals surface area contributed by atoms with E-state index in [1.54, 1.807) is 0 Å². The Morgan fingerprint density at radius 3 is 2.35 bits per heavy atom. The van der Waals surface area contributed by atoms with Crippen LogP contribution in [0.4, 0.5) is 0 Å². The standard InChI is InChI=1S/C16H27N/c1-12(2)6-8-15(5)17-11-16-9-7-13(3)10-14(16)4/h7,9-10,12,15,17H,6,8,11H2,1-5H3. The van der Waals surface area contributed by atoms with Crippen molar-refractivity contribution in [1.82, 2.24) is 5.32 Å². The van der Waals surface area contributed by atoms with Crippen LogP contribution in [0, 0.1) is 19.8 Å². The van der Waals surface area contributed by atoms with E-state index in [-0.39, 0.29) is 0 Å². The summed E-state index contributed by atoms with van der Waals surface area (Å²) in [4.78, 5) is 0. The fourth-order valence-electron chi connectivity index (χ4n) is 2.01. The van der Waals surface area contributed by atoms with Crippen molar-refractivity contribution in [2.75, 3.05) is 0 Å². The minimum Gasteiger partial charge on any atom is -0.310 e. The van der Waals surface area contributed by atoms with Gasteiger partial charge in [0.2, 0.25) is 0 Å². The zero-order chi connectivity index (χ0) is 12.8. The Hall–Kier alpha value is -0.820. The first-order valence-corrected chi connectivity index (χ1v) is 6.78. The number of nitrogens with one attached hydrogen (secondary N) is 1. The number of aryl methyl sites for hydroxylation is 2. The highest BCUT2D eigenvalue weighted by Gasteiger charge is 2.04. The maximum atomic E-state index is 3.61. The van der Waals surface area contributed by atoms with Crippen molar-refractivity contribution in [3.05, 3.63) is 34.9 Å². The molecule has 1 aromatic carbocycles. The molecule has 0 radical (unpaired) electrons. The van der Waals surface area contributed by atoms with E-state index in [4.69, 9.17) is 0 Å². The average Bonchev–Trinajstić information content (AvgIpc) is 2.25. The molecule has 0 fully saturated rings. The third-order valence-electron chi connectivity index (χ3n) is 3.32. The highest BCUT2D eigenvalue weighted by Crippen LogP contribution is 2.11. The molecule has 96 valence electrons. The van der Waals surface area contributed by atoms with Crippen LogP contribution in [0.15, 0.2) is 18.2 Å². The minimum absolute atomic E-state index is 0.609.